The number of rotatable bonds is 9. The van der Waals surface area contributed by atoms with Crippen LogP contribution in [0.15, 0.2) is 4.99 Å². The zero-order chi connectivity index (χ0) is 31.7. The van der Waals surface area contributed by atoms with Crippen LogP contribution in [0.5, 0.6) is 0 Å². The average molecular weight is 587 g/mol. The van der Waals surface area contributed by atoms with Crippen molar-refractivity contribution in [2.24, 2.45) is 16.8 Å². The minimum atomic E-state index is -1.20. The lowest BCUT2D eigenvalue weighted by atomic mass is 9.81. The molecule has 0 aromatic heterocycles. The van der Waals surface area contributed by atoms with Crippen molar-refractivity contribution < 1.29 is 43.2 Å². The van der Waals surface area contributed by atoms with E-state index in [1.54, 1.807) is 48.5 Å². The molecule has 0 radical (unpaired) electrons. The fourth-order valence-electron chi connectivity index (χ4n) is 4.70. The van der Waals surface area contributed by atoms with E-state index in [0.29, 0.717) is 12.8 Å². The van der Waals surface area contributed by atoms with Crippen LogP contribution in [-0.2, 0) is 23.7 Å². The van der Waals surface area contributed by atoms with Gasteiger partial charge in [0.05, 0.1) is 18.8 Å². The molecule has 13 nitrogen and oxygen atoms in total. The number of hydrogen-bond acceptors (Lipinski definition) is 10. The Bertz CT molecular complexity index is 925. The summed E-state index contributed by atoms with van der Waals surface area (Å²) in [6.07, 6.45) is -2.20. The molecule has 0 unspecified atom stereocenters. The van der Waals surface area contributed by atoms with Gasteiger partial charge in [0.1, 0.15) is 23.6 Å². The van der Waals surface area contributed by atoms with Crippen molar-refractivity contribution in [3.63, 3.8) is 0 Å². The van der Waals surface area contributed by atoms with Crippen molar-refractivity contribution >= 4 is 30.6 Å². The van der Waals surface area contributed by atoms with Gasteiger partial charge in [-0.2, -0.15) is 5.01 Å². The predicted molar refractivity (Wildman–Crippen MR) is 152 cm³/mol. The normalized spacial score (nSPS) is 21.8. The van der Waals surface area contributed by atoms with Crippen molar-refractivity contribution in [3.8, 4) is 0 Å². The number of carbonyl (C=O) groups excluding carboxylic acids is 4. The molecule has 0 aromatic carbocycles. The van der Waals surface area contributed by atoms with Crippen molar-refractivity contribution in [1.29, 1.82) is 0 Å². The SMILES string of the molecule is CCOC(=O)O[C@H]1C[C@@H](N=CN(C(=O)OC(C)(C)C)N(C)C(=O)OC(C)(C)C)[C@H]([C@@H](NC(C)=O)C(CC)CC)[C@@H]1O. The predicted octanol–water partition coefficient (Wildman–Crippen LogP) is 4.27. The maximum atomic E-state index is 13.2. The maximum Gasteiger partial charge on any atom is 0.508 e. The van der Waals surface area contributed by atoms with Crippen LogP contribution >= 0.6 is 0 Å². The Labute approximate surface area is 243 Å². The third-order valence-electron chi connectivity index (χ3n) is 6.47. The van der Waals surface area contributed by atoms with Crippen molar-refractivity contribution in [2.75, 3.05) is 13.7 Å². The topological polar surface area (TPSA) is 156 Å². The summed E-state index contributed by atoms with van der Waals surface area (Å²) in [7, 11) is 1.34. The molecular formula is C28H50N4O9. The molecule has 1 fully saturated rings. The minimum absolute atomic E-state index is 0.0241. The van der Waals surface area contributed by atoms with Crippen LogP contribution in [0.3, 0.4) is 0 Å². The average Bonchev–Trinajstić information content (AvgIpc) is 3.11. The Balaban J connectivity index is 3.55. The van der Waals surface area contributed by atoms with E-state index in [1.807, 2.05) is 13.8 Å². The summed E-state index contributed by atoms with van der Waals surface area (Å²) in [5.41, 5.74) is -1.71. The molecule has 236 valence electrons. The van der Waals surface area contributed by atoms with Gasteiger partial charge < -0.3 is 29.4 Å². The van der Waals surface area contributed by atoms with Gasteiger partial charge in [-0.25, -0.2) is 19.4 Å². The van der Waals surface area contributed by atoms with Crippen LogP contribution in [-0.4, -0.2) is 94.9 Å². The van der Waals surface area contributed by atoms with E-state index in [1.165, 1.54) is 14.0 Å². The summed E-state index contributed by atoms with van der Waals surface area (Å²) >= 11 is 0. The summed E-state index contributed by atoms with van der Waals surface area (Å²) in [5.74, 6) is -0.998. The van der Waals surface area contributed by atoms with Crippen LogP contribution in [0, 0.1) is 11.8 Å². The monoisotopic (exact) mass is 586 g/mol. The largest absolute Gasteiger partial charge is 0.508 e. The molecule has 0 spiro atoms. The molecule has 0 saturated heterocycles. The maximum absolute atomic E-state index is 13.2. The summed E-state index contributed by atoms with van der Waals surface area (Å²) < 4.78 is 21.2. The van der Waals surface area contributed by atoms with Gasteiger partial charge >= 0.3 is 18.3 Å². The first-order chi connectivity index (χ1) is 18.8. The Kier molecular flexibility index (Phi) is 13.3. The van der Waals surface area contributed by atoms with E-state index in [-0.39, 0.29) is 24.9 Å². The van der Waals surface area contributed by atoms with Crippen LogP contribution in [0.4, 0.5) is 14.4 Å². The zero-order valence-corrected chi connectivity index (χ0v) is 26.4. The molecule has 3 amide bonds. The van der Waals surface area contributed by atoms with Gasteiger partial charge in [-0.15, -0.1) is 0 Å². The number of aliphatic imine (C=N–C) groups is 1. The standard InChI is InChI=1S/C28H50N4O9/c1-12-18(13-2)22(30-17(4)33)21-19(15-20(23(21)34)39-26(37)38-14-3)29-16-32(25(36)41-28(8,9)10)31(11)24(35)40-27(5,6)7/h16,18-23,34H,12-15H2,1-11H3,(H,30,33)/t19-,20+,21-,22+,23-/m1/s1. The molecule has 0 bridgehead atoms. The first-order valence-corrected chi connectivity index (χ1v) is 14.2. The Hall–Kier alpha value is -3.09. The van der Waals surface area contributed by atoms with Crippen LogP contribution < -0.4 is 5.32 Å². The molecule has 0 aliphatic heterocycles. The highest BCUT2D eigenvalue weighted by atomic mass is 16.7. The molecule has 0 heterocycles. The first-order valence-electron chi connectivity index (χ1n) is 14.2. The lowest BCUT2D eigenvalue weighted by Gasteiger charge is -2.35. The number of amides is 3. The van der Waals surface area contributed by atoms with E-state index in [2.05, 4.69) is 10.3 Å². The number of hydrazine groups is 1. The fraction of sp³-hybridized carbons (Fsp3) is 0.821. The highest BCUT2D eigenvalue weighted by Crippen LogP contribution is 2.38. The van der Waals surface area contributed by atoms with Gasteiger partial charge in [0, 0.05) is 32.4 Å². The smallest absolute Gasteiger partial charge is 0.442 e. The molecular weight excluding hydrogens is 536 g/mol. The molecule has 41 heavy (non-hydrogen) atoms. The minimum Gasteiger partial charge on any atom is -0.442 e. The Morgan fingerprint density at radius 2 is 1.54 bits per heavy atom. The van der Waals surface area contributed by atoms with E-state index in [0.717, 1.165) is 16.4 Å². The molecule has 1 saturated carbocycles. The van der Waals surface area contributed by atoms with Gasteiger partial charge in [0.15, 0.2) is 0 Å². The Morgan fingerprint density at radius 1 is 1.00 bits per heavy atom. The molecule has 1 rings (SSSR count). The van der Waals surface area contributed by atoms with Crippen molar-refractivity contribution in [3.05, 3.63) is 0 Å². The van der Waals surface area contributed by atoms with Crippen LogP contribution in [0.1, 0.15) is 88.5 Å². The number of nitrogens with zero attached hydrogens (tertiary/aromatic N) is 3. The quantitative estimate of drug-likeness (QED) is 0.132. The second-order valence-corrected chi connectivity index (χ2v) is 12.1. The zero-order valence-electron chi connectivity index (χ0n) is 26.4. The molecule has 0 aromatic rings. The number of nitrogens with one attached hydrogen (secondary N) is 1. The summed E-state index contributed by atoms with van der Waals surface area (Å²) in [5, 5.41) is 16.1. The highest BCUT2D eigenvalue weighted by molar-refractivity contribution is 5.85. The number of ether oxygens (including phenoxy) is 4. The molecule has 5 atom stereocenters. The first kappa shape index (κ1) is 35.9. The van der Waals surface area contributed by atoms with E-state index in [4.69, 9.17) is 18.9 Å². The van der Waals surface area contributed by atoms with Crippen LogP contribution in [0.25, 0.3) is 0 Å². The third kappa shape index (κ3) is 11.4. The van der Waals surface area contributed by atoms with E-state index in [9.17, 15) is 24.3 Å². The van der Waals surface area contributed by atoms with E-state index >= 15 is 0 Å². The van der Waals surface area contributed by atoms with Gasteiger partial charge in [-0.1, -0.05) is 26.7 Å². The van der Waals surface area contributed by atoms with Crippen LogP contribution in [0.2, 0.25) is 0 Å². The van der Waals surface area contributed by atoms with Gasteiger partial charge in [-0.05, 0) is 54.4 Å². The van der Waals surface area contributed by atoms with Crippen molar-refractivity contribution in [1.82, 2.24) is 15.3 Å². The number of hydrogen-bond donors (Lipinski definition) is 2. The number of aliphatic hydroxyl groups excluding tert-OH is 1. The van der Waals surface area contributed by atoms with Crippen molar-refractivity contribution in [2.45, 2.75) is 124 Å². The van der Waals surface area contributed by atoms with Gasteiger partial charge in [0.25, 0.3) is 0 Å². The van der Waals surface area contributed by atoms with Gasteiger partial charge in [-0.3, -0.25) is 9.79 Å². The second-order valence-electron chi connectivity index (χ2n) is 12.1. The molecule has 1 aliphatic carbocycles. The second kappa shape index (κ2) is 15.2. The Morgan fingerprint density at radius 3 is 2.00 bits per heavy atom. The summed E-state index contributed by atoms with van der Waals surface area (Å²) in [6.45, 7) is 17.2. The summed E-state index contributed by atoms with van der Waals surface area (Å²) in [6, 6.07) is -1.24. The number of carbonyl (C=O) groups is 4. The summed E-state index contributed by atoms with van der Waals surface area (Å²) in [4.78, 5) is 54.9. The van der Waals surface area contributed by atoms with Gasteiger partial charge in [0.2, 0.25) is 5.91 Å². The highest BCUT2D eigenvalue weighted by Gasteiger charge is 2.50. The molecule has 2 N–H and O–H groups in total. The molecule has 1 aliphatic rings. The lowest BCUT2D eigenvalue weighted by molar-refractivity contribution is -0.121. The fourth-order valence-corrected chi connectivity index (χ4v) is 4.70. The lowest BCUT2D eigenvalue weighted by Crippen LogP contribution is -2.52. The van der Waals surface area contributed by atoms with E-state index < -0.39 is 59.8 Å². The number of aliphatic hydroxyl groups is 1. The third-order valence-corrected chi connectivity index (χ3v) is 6.47. The molecule has 13 heteroatoms.